The van der Waals surface area contributed by atoms with Crippen LogP contribution in [0.3, 0.4) is 0 Å². The zero-order valence-electron chi connectivity index (χ0n) is 12.9. The van der Waals surface area contributed by atoms with Crippen LogP contribution in [0.15, 0.2) is 33.8 Å². The summed E-state index contributed by atoms with van der Waals surface area (Å²) in [5.41, 5.74) is 3.04. The summed E-state index contributed by atoms with van der Waals surface area (Å²) in [6.07, 6.45) is 3.35. The predicted octanol–water partition coefficient (Wildman–Crippen LogP) is 1.33. The highest BCUT2D eigenvalue weighted by atomic mass is 32.2. The van der Waals surface area contributed by atoms with E-state index in [9.17, 15) is 8.42 Å². The van der Waals surface area contributed by atoms with Gasteiger partial charge in [-0.2, -0.15) is 0 Å². The molecule has 0 saturated heterocycles. The Labute approximate surface area is 130 Å². The largest absolute Gasteiger partial charge is 0.423 e. The van der Waals surface area contributed by atoms with Crippen molar-refractivity contribution in [3.05, 3.63) is 33.8 Å². The van der Waals surface area contributed by atoms with Crippen LogP contribution in [-0.4, -0.2) is 32.7 Å². The molecule has 4 aliphatic rings. The lowest BCUT2D eigenvalue weighted by atomic mass is 9.89. The molecule has 2 N–H and O–H groups in total. The van der Waals surface area contributed by atoms with Crippen molar-refractivity contribution in [2.24, 2.45) is 5.92 Å². The molecule has 0 aliphatic carbocycles. The quantitative estimate of drug-likeness (QED) is 0.701. The van der Waals surface area contributed by atoms with E-state index in [4.69, 9.17) is 4.74 Å². The Hall–Kier alpha value is -1.63. The molecule has 4 heterocycles. The lowest BCUT2D eigenvalue weighted by Gasteiger charge is -2.40. The molecule has 0 amide bonds. The summed E-state index contributed by atoms with van der Waals surface area (Å²) in [7, 11) is -1.21. The number of allylic oxidation sites excluding steroid dienone is 2. The molecule has 120 valence electrons. The molecule has 1 unspecified atom stereocenters. The molecule has 6 nitrogen and oxygen atoms in total. The summed E-state index contributed by atoms with van der Waals surface area (Å²) in [4.78, 5) is 2.11. The number of nitrogens with one attached hydrogen (secondary N) is 2. The van der Waals surface area contributed by atoms with Gasteiger partial charge in [0, 0.05) is 20.0 Å². The topological polar surface area (TPSA) is 70.7 Å². The van der Waals surface area contributed by atoms with Crippen LogP contribution in [0, 0.1) is 5.92 Å². The van der Waals surface area contributed by atoms with Gasteiger partial charge in [0.2, 0.25) is 5.88 Å². The molecular formula is C15H21N3O3S. The number of nitrogens with zero attached hydrogens (tertiary/aromatic N) is 1. The molecule has 0 aromatic rings. The lowest BCUT2D eigenvalue weighted by molar-refractivity contribution is 0.131. The first-order valence-corrected chi connectivity index (χ1v) is 9.46. The van der Waals surface area contributed by atoms with Crippen molar-refractivity contribution in [3.8, 4) is 0 Å². The van der Waals surface area contributed by atoms with Gasteiger partial charge in [-0.05, 0) is 30.8 Å². The van der Waals surface area contributed by atoms with Gasteiger partial charge in [-0.25, -0.2) is 8.42 Å². The number of sulfone groups is 1. The molecule has 1 atom stereocenters. The van der Waals surface area contributed by atoms with Gasteiger partial charge in [0.25, 0.3) is 0 Å². The van der Waals surface area contributed by atoms with Crippen molar-refractivity contribution in [2.45, 2.75) is 32.6 Å². The van der Waals surface area contributed by atoms with Gasteiger partial charge < -0.3 is 20.3 Å². The highest BCUT2D eigenvalue weighted by Crippen LogP contribution is 2.39. The summed E-state index contributed by atoms with van der Waals surface area (Å²) in [5, 5.41) is 6.66. The highest BCUT2D eigenvalue weighted by molar-refractivity contribution is 7.95. The van der Waals surface area contributed by atoms with Gasteiger partial charge in [0.05, 0.1) is 17.1 Å². The Morgan fingerprint density at radius 3 is 2.91 bits per heavy atom. The minimum absolute atomic E-state index is 0.202. The normalized spacial score (nSPS) is 29.9. The van der Waals surface area contributed by atoms with Crippen LogP contribution < -0.4 is 10.6 Å². The van der Waals surface area contributed by atoms with Gasteiger partial charge in [0.15, 0.2) is 20.7 Å². The third-order valence-electron chi connectivity index (χ3n) is 4.91. The first-order chi connectivity index (χ1) is 10.5. The maximum atomic E-state index is 12.2. The van der Waals surface area contributed by atoms with E-state index in [1.807, 2.05) is 7.05 Å². The Morgan fingerprint density at radius 1 is 1.27 bits per heavy atom. The molecule has 0 spiro atoms. The molecule has 4 rings (SSSR count). The van der Waals surface area contributed by atoms with E-state index in [1.165, 1.54) is 5.57 Å². The first kappa shape index (κ1) is 14.0. The fourth-order valence-corrected chi connectivity index (χ4v) is 5.05. The average molecular weight is 323 g/mol. The molecule has 0 radical (unpaired) electrons. The van der Waals surface area contributed by atoms with Crippen molar-refractivity contribution >= 4 is 9.84 Å². The molecule has 7 heteroatoms. The van der Waals surface area contributed by atoms with Gasteiger partial charge in [0.1, 0.15) is 0 Å². The molecule has 22 heavy (non-hydrogen) atoms. The van der Waals surface area contributed by atoms with E-state index in [2.05, 4.69) is 22.5 Å². The summed E-state index contributed by atoms with van der Waals surface area (Å²) in [5.74, 6) is 2.12. The van der Waals surface area contributed by atoms with Crippen molar-refractivity contribution in [1.82, 2.24) is 15.5 Å². The maximum absolute atomic E-state index is 12.2. The monoisotopic (exact) mass is 323 g/mol. The third-order valence-corrected chi connectivity index (χ3v) is 6.70. The first-order valence-electron chi connectivity index (χ1n) is 7.81. The van der Waals surface area contributed by atoms with Crippen LogP contribution in [-0.2, 0) is 14.6 Å². The van der Waals surface area contributed by atoms with E-state index in [0.717, 1.165) is 43.1 Å². The van der Waals surface area contributed by atoms with Crippen molar-refractivity contribution in [1.29, 1.82) is 0 Å². The van der Waals surface area contributed by atoms with Gasteiger partial charge in [-0.3, -0.25) is 0 Å². The van der Waals surface area contributed by atoms with Crippen LogP contribution >= 0.6 is 0 Å². The molecule has 0 aromatic carbocycles. The van der Waals surface area contributed by atoms with Crippen LogP contribution in [0.4, 0.5) is 0 Å². The summed E-state index contributed by atoms with van der Waals surface area (Å²) in [6.45, 7) is 3.19. The van der Waals surface area contributed by atoms with Crippen molar-refractivity contribution < 1.29 is 13.2 Å². The lowest BCUT2D eigenvalue weighted by Crippen LogP contribution is -2.42. The Bertz CT molecular complexity index is 733. The molecular weight excluding hydrogens is 302 g/mol. The van der Waals surface area contributed by atoms with E-state index >= 15 is 0 Å². The van der Waals surface area contributed by atoms with Crippen molar-refractivity contribution in [3.63, 3.8) is 0 Å². The Balaban J connectivity index is 1.66. The number of ether oxygens (including phenoxy) is 1. The number of rotatable bonds is 0. The summed E-state index contributed by atoms with van der Waals surface area (Å²) < 4.78 is 30.5. The van der Waals surface area contributed by atoms with E-state index in [0.29, 0.717) is 23.3 Å². The SMILES string of the molecule is CC1CCN(C)C2=C1CC1=C(NC3=C(CCCS3(=O)=O)N1)O2. The van der Waals surface area contributed by atoms with Gasteiger partial charge in [-0.1, -0.05) is 6.92 Å². The molecule has 4 aliphatic heterocycles. The van der Waals surface area contributed by atoms with E-state index in [1.54, 1.807) is 0 Å². The van der Waals surface area contributed by atoms with E-state index in [-0.39, 0.29) is 5.75 Å². The van der Waals surface area contributed by atoms with Crippen LogP contribution in [0.1, 0.15) is 32.6 Å². The second-order valence-electron chi connectivity index (χ2n) is 6.51. The molecule has 0 bridgehead atoms. The fraction of sp³-hybridized carbons (Fsp3) is 0.600. The minimum atomic E-state index is -3.23. The van der Waals surface area contributed by atoms with Crippen LogP contribution in [0.5, 0.6) is 0 Å². The molecule has 0 saturated carbocycles. The summed E-state index contributed by atoms with van der Waals surface area (Å²) in [6, 6.07) is 0. The smallest absolute Gasteiger partial charge is 0.220 e. The minimum Gasteiger partial charge on any atom is -0.423 e. The Morgan fingerprint density at radius 2 is 2.09 bits per heavy atom. The average Bonchev–Trinajstić information content (AvgIpc) is 2.48. The zero-order valence-corrected chi connectivity index (χ0v) is 13.7. The van der Waals surface area contributed by atoms with Crippen LogP contribution in [0.25, 0.3) is 0 Å². The highest BCUT2D eigenvalue weighted by Gasteiger charge is 2.37. The van der Waals surface area contributed by atoms with Crippen molar-refractivity contribution in [2.75, 3.05) is 19.3 Å². The predicted molar refractivity (Wildman–Crippen MR) is 82.5 cm³/mol. The Kier molecular flexibility index (Phi) is 2.98. The third kappa shape index (κ3) is 2.02. The second-order valence-corrected chi connectivity index (χ2v) is 8.55. The van der Waals surface area contributed by atoms with Crippen LogP contribution in [0.2, 0.25) is 0 Å². The van der Waals surface area contributed by atoms with Gasteiger partial charge >= 0.3 is 0 Å². The maximum Gasteiger partial charge on any atom is 0.220 e. The second kappa shape index (κ2) is 4.68. The zero-order chi connectivity index (χ0) is 15.5. The van der Waals surface area contributed by atoms with Gasteiger partial charge in [-0.15, -0.1) is 0 Å². The molecule has 0 fully saturated rings. The standard InChI is InChI=1S/C15H21N3O3S/c1-9-5-6-18(2)15-10(9)8-12-13(21-15)17-14-11(16-12)4-3-7-22(14,19)20/h9,16-17H,3-8H2,1-2H3. The summed E-state index contributed by atoms with van der Waals surface area (Å²) >= 11 is 0. The molecule has 0 aromatic heterocycles. The fourth-order valence-electron chi connectivity index (χ4n) is 3.54. The number of hydrogen-bond acceptors (Lipinski definition) is 6. The number of hydrogen-bond donors (Lipinski definition) is 2. The van der Waals surface area contributed by atoms with E-state index < -0.39 is 9.84 Å².